The Bertz CT molecular complexity index is 196. The number of hydrogen-bond acceptors (Lipinski definition) is 4. The van der Waals surface area contributed by atoms with Crippen molar-refractivity contribution in [3.05, 3.63) is 0 Å². The molecule has 0 fully saturated rings. The van der Waals surface area contributed by atoms with E-state index in [1.807, 2.05) is 0 Å². The third kappa shape index (κ3) is 6.38. The van der Waals surface area contributed by atoms with Gasteiger partial charge in [0.15, 0.2) is 0 Å². The molecule has 0 aliphatic rings. The zero-order valence-electron chi connectivity index (χ0n) is 8.70. The van der Waals surface area contributed by atoms with Crippen LogP contribution < -0.4 is 5.48 Å². The van der Waals surface area contributed by atoms with Gasteiger partial charge in [-0.25, -0.2) is 5.48 Å². The van der Waals surface area contributed by atoms with Crippen LogP contribution in [0.5, 0.6) is 0 Å². The molecule has 6 heteroatoms. The molecule has 0 aliphatic carbocycles. The fourth-order valence-corrected chi connectivity index (χ4v) is 0.616. The van der Waals surface area contributed by atoms with E-state index in [9.17, 15) is 9.59 Å². The lowest BCUT2D eigenvalue weighted by atomic mass is 10.5. The molecule has 0 aliphatic heterocycles. The van der Waals surface area contributed by atoms with Crippen molar-refractivity contribution in [2.75, 3.05) is 33.9 Å². The van der Waals surface area contributed by atoms with Gasteiger partial charge in [0.2, 0.25) is 5.91 Å². The van der Waals surface area contributed by atoms with E-state index in [4.69, 9.17) is 9.57 Å². The molecule has 0 rings (SSSR count). The quantitative estimate of drug-likeness (QED) is 0.452. The first kappa shape index (κ1) is 12.9. The summed E-state index contributed by atoms with van der Waals surface area (Å²) >= 11 is 0. The summed E-state index contributed by atoms with van der Waals surface area (Å²) in [5.41, 5.74) is 2.19. The van der Waals surface area contributed by atoms with Gasteiger partial charge in [-0.1, -0.05) is 0 Å². The average Bonchev–Trinajstić information content (AvgIpc) is 2.12. The molecule has 1 N–H and O–H groups in total. The molecule has 0 aromatic carbocycles. The van der Waals surface area contributed by atoms with Gasteiger partial charge in [-0.15, -0.1) is 0 Å². The van der Waals surface area contributed by atoms with Crippen molar-refractivity contribution >= 4 is 11.8 Å². The third-order valence-corrected chi connectivity index (χ3v) is 1.49. The molecule has 0 radical (unpaired) electrons. The average molecular weight is 204 g/mol. The number of methoxy groups -OCH3 is 1. The van der Waals surface area contributed by atoms with E-state index in [2.05, 4.69) is 5.48 Å². The lowest BCUT2D eigenvalue weighted by Crippen LogP contribution is -2.37. The third-order valence-electron chi connectivity index (χ3n) is 1.49. The molecule has 0 aromatic rings. The molecule has 0 heterocycles. The maximum absolute atomic E-state index is 11.1. The van der Waals surface area contributed by atoms with Gasteiger partial charge in [-0.05, 0) is 0 Å². The highest BCUT2D eigenvalue weighted by Gasteiger charge is 2.07. The van der Waals surface area contributed by atoms with Crippen LogP contribution in [-0.2, 0) is 19.2 Å². The number of nitrogens with zero attached hydrogens (tertiary/aromatic N) is 1. The number of ether oxygens (including phenoxy) is 1. The van der Waals surface area contributed by atoms with E-state index in [1.54, 1.807) is 0 Å². The van der Waals surface area contributed by atoms with Crippen molar-refractivity contribution in [1.29, 1.82) is 0 Å². The van der Waals surface area contributed by atoms with Crippen LogP contribution in [0.1, 0.15) is 6.92 Å². The highest BCUT2D eigenvalue weighted by atomic mass is 16.7. The van der Waals surface area contributed by atoms with E-state index >= 15 is 0 Å². The number of amides is 2. The minimum absolute atomic E-state index is 0.0116. The van der Waals surface area contributed by atoms with Crippen LogP contribution in [0, 0.1) is 0 Å². The lowest BCUT2D eigenvalue weighted by molar-refractivity contribution is -0.140. The molecule has 14 heavy (non-hydrogen) atoms. The topological polar surface area (TPSA) is 67.9 Å². The Hall–Kier alpha value is -1.14. The molecule has 82 valence electrons. The second-order valence-corrected chi connectivity index (χ2v) is 2.74. The number of carbonyl (C=O) groups is 2. The molecule has 0 atom stereocenters. The van der Waals surface area contributed by atoms with E-state index in [0.29, 0.717) is 6.61 Å². The standard InChI is InChI=1S/C8H16N2O4/c1-7(11)10(2)6-8(12)9-14-5-4-13-3/h4-6H2,1-3H3,(H,9,12). The minimum Gasteiger partial charge on any atom is -0.382 e. The fourth-order valence-electron chi connectivity index (χ4n) is 0.616. The number of hydroxylamine groups is 1. The summed E-state index contributed by atoms with van der Waals surface area (Å²) in [6.07, 6.45) is 0. The van der Waals surface area contributed by atoms with Crippen molar-refractivity contribution in [1.82, 2.24) is 10.4 Å². The monoisotopic (exact) mass is 204 g/mol. The van der Waals surface area contributed by atoms with E-state index in [1.165, 1.54) is 26.0 Å². The van der Waals surface area contributed by atoms with Gasteiger partial charge < -0.3 is 9.64 Å². The number of hydrogen-bond donors (Lipinski definition) is 1. The second-order valence-electron chi connectivity index (χ2n) is 2.74. The first-order valence-electron chi connectivity index (χ1n) is 4.19. The zero-order chi connectivity index (χ0) is 11.0. The first-order valence-corrected chi connectivity index (χ1v) is 4.19. The molecular weight excluding hydrogens is 188 g/mol. The van der Waals surface area contributed by atoms with Crippen molar-refractivity contribution in [3.8, 4) is 0 Å². The summed E-state index contributed by atoms with van der Waals surface area (Å²) in [7, 11) is 3.08. The van der Waals surface area contributed by atoms with Crippen LogP contribution in [0.25, 0.3) is 0 Å². The Morgan fingerprint density at radius 3 is 2.50 bits per heavy atom. The van der Waals surface area contributed by atoms with Crippen LogP contribution in [0.15, 0.2) is 0 Å². The van der Waals surface area contributed by atoms with Crippen molar-refractivity contribution in [2.45, 2.75) is 6.92 Å². The summed E-state index contributed by atoms with van der Waals surface area (Å²) in [6.45, 7) is 2.07. The van der Waals surface area contributed by atoms with Gasteiger partial charge in [0.1, 0.15) is 6.54 Å². The van der Waals surface area contributed by atoms with Crippen molar-refractivity contribution in [2.24, 2.45) is 0 Å². The molecule has 0 aromatic heterocycles. The van der Waals surface area contributed by atoms with Crippen LogP contribution in [0.3, 0.4) is 0 Å². The summed E-state index contributed by atoms with van der Waals surface area (Å²) in [6, 6.07) is 0. The molecule has 2 amide bonds. The second kappa shape index (κ2) is 7.28. The molecule has 0 unspecified atom stereocenters. The molecule has 0 saturated heterocycles. The highest BCUT2D eigenvalue weighted by Crippen LogP contribution is 1.82. The Morgan fingerprint density at radius 1 is 1.36 bits per heavy atom. The van der Waals surface area contributed by atoms with E-state index in [-0.39, 0.29) is 25.0 Å². The molecular formula is C8H16N2O4. The van der Waals surface area contributed by atoms with Crippen LogP contribution in [0.4, 0.5) is 0 Å². The number of rotatable bonds is 6. The van der Waals surface area contributed by atoms with Gasteiger partial charge in [0.25, 0.3) is 5.91 Å². The lowest BCUT2D eigenvalue weighted by Gasteiger charge is -2.13. The maximum atomic E-state index is 11.1. The molecule has 0 spiro atoms. The summed E-state index contributed by atoms with van der Waals surface area (Å²) in [5, 5.41) is 0. The molecule has 0 saturated carbocycles. The normalized spacial score (nSPS) is 9.64. The van der Waals surface area contributed by atoms with Gasteiger partial charge in [0, 0.05) is 21.1 Å². The summed E-state index contributed by atoms with van der Waals surface area (Å²) in [5.74, 6) is -0.532. The van der Waals surface area contributed by atoms with Gasteiger partial charge >= 0.3 is 0 Å². The number of nitrogens with one attached hydrogen (secondary N) is 1. The van der Waals surface area contributed by atoms with Crippen molar-refractivity contribution in [3.63, 3.8) is 0 Å². The van der Waals surface area contributed by atoms with E-state index in [0.717, 1.165) is 0 Å². The van der Waals surface area contributed by atoms with Crippen LogP contribution in [-0.4, -0.2) is 50.6 Å². The van der Waals surface area contributed by atoms with Crippen LogP contribution in [0.2, 0.25) is 0 Å². The summed E-state index contributed by atoms with van der Waals surface area (Å²) < 4.78 is 4.70. The van der Waals surface area contributed by atoms with Gasteiger partial charge in [0.05, 0.1) is 13.2 Å². The number of carbonyl (C=O) groups excluding carboxylic acids is 2. The SMILES string of the molecule is COCCONC(=O)CN(C)C(C)=O. The van der Waals surface area contributed by atoms with Gasteiger partial charge in [-0.2, -0.15) is 0 Å². The van der Waals surface area contributed by atoms with E-state index < -0.39 is 0 Å². The smallest absolute Gasteiger partial charge is 0.263 e. The highest BCUT2D eigenvalue weighted by molar-refractivity contribution is 5.82. The molecule has 0 bridgehead atoms. The Morgan fingerprint density at radius 2 is 2.00 bits per heavy atom. The molecule has 6 nitrogen and oxygen atoms in total. The zero-order valence-corrected chi connectivity index (χ0v) is 8.70. The predicted molar refractivity (Wildman–Crippen MR) is 49.3 cm³/mol. The summed E-state index contributed by atoms with van der Waals surface area (Å²) in [4.78, 5) is 27.8. The fraction of sp³-hybridized carbons (Fsp3) is 0.750. The largest absolute Gasteiger partial charge is 0.382 e. The minimum atomic E-state index is -0.362. The predicted octanol–water partition coefficient (Wildman–Crippen LogP) is -0.841. The Balaban J connectivity index is 3.50. The van der Waals surface area contributed by atoms with Crippen molar-refractivity contribution < 1.29 is 19.2 Å². The first-order chi connectivity index (χ1) is 6.57. The Labute approximate surface area is 83.1 Å². The van der Waals surface area contributed by atoms with Crippen LogP contribution >= 0.6 is 0 Å². The van der Waals surface area contributed by atoms with Gasteiger partial charge in [-0.3, -0.25) is 14.4 Å². The number of likely N-dealkylation sites (N-methyl/N-ethyl adjacent to an activating group) is 1. The Kier molecular flexibility index (Phi) is 6.69. The maximum Gasteiger partial charge on any atom is 0.263 e.